The van der Waals surface area contributed by atoms with Crippen LogP contribution in [-0.4, -0.2) is 31.7 Å². The van der Waals surface area contributed by atoms with Gasteiger partial charge >= 0.3 is 0 Å². The summed E-state index contributed by atoms with van der Waals surface area (Å²) in [5.74, 6) is -0.240. The van der Waals surface area contributed by atoms with Gasteiger partial charge < -0.3 is 5.32 Å². The molecule has 0 spiro atoms. The first-order chi connectivity index (χ1) is 14.7. The lowest BCUT2D eigenvalue weighted by molar-refractivity contribution is 0.0934. The highest BCUT2D eigenvalue weighted by molar-refractivity contribution is 7.89. The molecule has 1 saturated heterocycles. The molecule has 0 radical (unpaired) electrons. The Morgan fingerprint density at radius 2 is 1.58 bits per heavy atom. The number of nitrogens with one attached hydrogen (secondary N) is 1. The third-order valence-electron chi connectivity index (χ3n) is 6.30. The molecule has 3 rings (SSSR count). The molecule has 1 aliphatic heterocycles. The molecule has 1 fully saturated rings. The highest BCUT2D eigenvalue weighted by Crippen LogP contribution is 2.24. The van der Waals surface area contributed by atoms with Crippen molar-refractivity contribution in [2.24, 2.45) is 0 Å². The zero-order valence-corrected chi connectivity index (χ0v) is 19.9. The maximum atomic E-state index is 13.2. The van der Waals surface area contributed by atoms with Crippen molar-refractivity contribution in [2.75, 3.05) is 13.1 Å². The van der Waals surface area contributed by atoms with E-state index in [1.807, 2.05) is 19.9 Å². The highest BCUT2D eigenvalue weighted by Gasteiger charge is 2.27. The van der Waals surface area contributed by atoms with E-state index in [-0.39, 0.29) is 16.8 Å². The second-order valence-electron chi connectivity index (χ2n) is 8.57. The van der Waals surface area contributed by atoms with E-state index in [1.165, 1.54) is 17.2 Å². The van der Waals surface area contributed by atoms with Crippen LogP contribution in [0.5, 0.6) is 0 Å². The van der Waals surface area contributed by atoms with Crippen LogP contribution in [0, 0.1) is 20.8 Å². The molecule has 0 saturated carbocycles. The van der Waals surface area contributed by atoms with E-state index in [1.54, 1.807) is 16.4 Å². The van der Waals surface area contributed by atoms with Gasteiger partial charge in [-0.1, -0.05) is 44.0 Å². The lowest BCUT2D eigenvalue weighted by Gasteiger charge is -2.22. The molecule has 0 aliphatic carbocycles. The molecule has 1 unspecified atom stereocenters. The van der Waals surface area contributed by atoms with E-state index in [2.05, 4.69) is 31.3 Å². The second kappa shape index (κ2) is 9.96. The van der Waals surface area contributed by atoms with Crippen molar-refractivity contribution in [3.05, 3.63) is 64.2 Å². The first kappa shape index (κ1) is 23.5. The maximum absolute atomic E-state index is 13.2. The van der Waals surface area contributed by atoms with Gasteiger partial charge in [-0.25, -0.2) is 8.42 Å². The molecule has 168 valence electrons. The van der Waals surface area contributed by atoms with Crippen LogP contribution in [0.25, 0.3) is 0 Å². The topological polar surface area (TPSA) is 66.5 Å². The number of benzene rings is 2. The standard InChI is InChI=1S/C25H34N2O3S/c1-5-24(21-12-10-18(2)20(4)16-21)26-25(28)23-17-22(13-11-19(23)3)31(29,30)27-14-8-6-7-9-15-27/h10-13,16-17,24H,5-9,14-15H2,1-4H3,(H,26,28). The number of amides is 1. The van der Waals surface area contributed by atoms with Gasteiger partial charge in [-0.3, -0.25) is 4.79 Å². The molecule has 0 bridgehead atoms. The van der Waals surface area contributed by atoms with E-state index >= 15 is 0 Å². The number of sulfonamides is 1. The summed E-state index contributed by atoms with van der Waals surface area (Å²) in [6, 6.07) is 11.0. The van der Waals surface area contributed by atoms with Crippen LogP contribution < -0.4 is 5.32 Å². The summed E-state index contributed by atoms with van der Waals surface area (Å²) in [6.07, 6.45) is 4.63. The minimum atomic E-state index is -3.60. The van der Waals surface area contributed by atoms with Gasteiger partial charge in [0.05, 0.1) is 10.9 Å². The monoisotopic (exact) mass is 442 g/mol. The van der Waals surface area contributed by atoms with Crippen LogP contribution in [0.1, 0.15) is 77.7 Å². The van der Waals surface area contributed by atoms with Gasteiger partial charge in [0.15, 0.2) is 0 Å². The predicted molar refractivity (Wildman–Crippen MR) is 125 cm³/mol. The van der Waals surface area contributed by atoms with E-state index in [0.717, 1.165) is 43.2 Å². The molecular formula is C25H34N2O3S. The Balaban J connectivity index is 1.86. The average molecular weight is 443 g/mol. The Morgan fingerprint density at radius 3 is 2.19 bits per heavy atom. The van der Waals surface area contributed by atoms with E-state index < -0.39 is 10.0 Å². The Hall–Kier alpha value is -2.18. The summed E-state index contributed by atoms with van der Waals surface area (Å²) >= 11 is 0. The normalized spacial score (nSPS) is 16.5. The highest BCUT2D eigenvalue weighted by atomic mass is 32.2. The molecule has 1 N–H and O–H groups in total. The Kier molecular flexibility index (Phi) is 7.55. The van der Waals surface area contributed by atoms with Crippen molar-refractivity contribution in [3.8, 4) is 0 Å². The predicted octanol–water partition coefficient (Wildman–Crippen LogP) is 5.06. The largest absolute Gasteiger partial charge is 0.345 e. The third kappa shape index (κ3) is 5.36. The minimum Gasteiger partial charge on any atom is -0.345 e. The zero-order valence-electron chi connectivity index (χ0n) is 19.1. The molecule has 1 atom stereocenters. The van der Waals surface area contributed by atoms with Gasteiger partial charge in [-0.05, 0) is 74.4 Å². The van der Waals surface area contributed by atoms with Crippen LogP contribution >= 0.6 is 0 Å². The molecule has 0 aromatic heterocycles. The van der Waals surface area contributed by atoms with Gasteiger partial charge in [0, 0.05) is 18.7 Å². The summed E-state index contributed by atoms with van der Waals surface area (Å²) in [7, 11) is -3.60. The van der Waals surface area contributed by atoms with Gasteiger partial charge in [0.2, 0.25) is 10.0 Å². The van der Waals surface area contributed by atoms with E-state index in [4.69, 9.17) is 0 Å². The summed E-state index contributed by atoms with van der Waals surface area (Å²) < 4.78 is 27.9. The number of rotatable bonds is 6. The third-order valence-corrected chi connectivity index (χ3v) is 8.20. The van der Waals surface area contributed by atoms with E-state index in [9.17, 15) is 13.2 Å². The molecule has 31 heavy (non-hydrogen) atoms. The molecule has 2 aromatic carbocycles. The molecule has 1 amide bonds. The molecule has 2 aromatic rings. The summed E-state index contributed by atoms with van der Waals surface area (Å²) in [5, 5.41) is 3.11. The van der Waals surface area contributed by atoms with Crippen molar-refractivity contribution in [2.45, 2.75) is 70.7 Å². The lowest BCUT2D eigenvalue weighted by atomic mass is 9.99. The summed E-state index contributed by atoms with van der Waals surface area (Å²) in [6.45, 7) is 9.10. The van der Waals surface area contributed by atoms with Crippen LogP contribution in [0.15, 0.2) is 41.3 Å². The summed E-state index contributed by atoms with van der Waals surface area (Å²) in [5.41, 5.74) is 4.64. The molecular weight excluding hydrogens is 408 g/mol. The first-order valence-corrected chi connectivity index (χ1v) is 12.7. The van der Waals surface area contributed by atoms with Crippen LogP contribution in [-0.2, 0) is 10.0 Å². The number of hydrogen-bond acceptors (Lipinski definition) is 3. The van der Waals surface area contributed by atoms with Crippen molar-refractivity contribution < 1.29 is 13.2 Å². The fourth-order valence-corrected chi connectivity index (χ4v) is 5.62. The van der Waals surface area contributed by atoms with Crippen molar-refractivity contribution >= 4 is 15.9 Å². The van der Waals surface area contributed by atoms with Crippen molar-refractivity contribution in [3.63, 3.8) is 0 Å². The van der Waals surface area contributed by atoms with Gasteiger partial charge in [0.1, 0.15) is 0 Å². The number of nitrogens with zero attached hydrogens (tertiary/aromatic N) is 1. The molecule has 5 nitrogen and oxygen atoms in total. The number of hydrogen-bond donors (Lipinski definition) is 1. The zero-order chi connectivity index (χ0) is 22.6. The average Bonchev–Trinajstić information content (AvgIpc) is 3.04. The molecule has 1 heterocycles. The lowest BCUT2D eigenvalue weighted by Crippen LogP contribution is -2.32. The minimum absolute atomic E-state index is 0.128. The first-order valence-electron chi connectivity index (χ1n) is 11.2. The van der Waals surface area contributed by atoms with Crippen LogP contribution in [0.3, 0.4) is 0 Å². The Morgan fingerprint density at radius 1 is 0.935 bits per heavy atom. The fourth-order valence-electron chi connectivity index (χ4n) is 4.08. The number of carbonyl (C=O) groups excluding carboxylic acids is 1. The van der Waals surface area contributed by atoms with E-state index in [0.29, 0.717) is 18.7 Å². The maximum Gasteiger partial charge on any atom is 0.252 e. The van der Waals surface area contributed by atoms with Gasteiger partial charge in [-0.15, -0.1) is 0 Å². The molecule has 1 aliphatic rings. The summed E-state index contributed by atoms with van der Waals surface area (Å²) in [4.78, 5) is 13.3. The van der Waals surface area contributed by atoms with Crippen molar-refractivity contribution in [1.82, 2.24) is 9.62 Å². The smallest absolute Gasteiger partial charge is 0.252 e. The SMILES string of the molecule is CCC(NC(=O)c1cc(S(=O)(=O)N2CCCCCC2)ccc1C)c1ccc(C)c(C)c1. The van der Waals surface area contributed by atoms with Crippen LogP contribution in [0.4, 0.5) is 0 Å². The van der Waals surface area contributed by atoms with Crippen LogP contribution in [0.2, 0.25) is 0 Å². The number of aryl methyl sites for hydroxylation is 3. The quantitative estimate of drug-likeness (QED) is 0.680. The number of carbonyl (C=O) groups is 1. The Bertz CT molecular complexity index is 1040. The second-order valence-corrected chi connectivity index (χ2v) is 10.5. The molecule has 6 heteroatoms. The van der Waals surface area contributed by atoms with Gasteiger partial charge in [-0.2, -0.15) is 4.31 Å². The Labute approximate surface area is 186 Å². The van der Waals surface area contributed by atoms with Gasteiger partial charge in [0.25, 0.3) is 5.91 Å². The van der Waals surface area contributed by atoms with Crippen molar-refractivity contribution in [1.29, 1.82) is 0 Å². The fraction of sp³-hybridized carbons (Fsp3) is 0.480.